The van der Waals surface area contributed by atoms with Crippen molar-refractivity contribution in [2.45, 2.75) is 64.3 Å². The normalized spacial score (nSPS) is 19.3. The molecule has 1 fully saturated rings. The van der Waals surface area contributed by atoms with Crippen LogP contribution in [-0.4, -0.2) is 40.2 Å². The third-order valence-electron chi connectivity index (χ3n) is 3.54. The largest absolute Gasteiger partial charge is 0.464 e. The minimum atomic E-state index is -1.13. The number of hydrogen-bond donors (Lipinski definition) is 1. The van der Waals surface area contributed by atoms with Crippen LogP contribution in [0.15, 0.2) is 0 Å². The first kappa shape index (κ1) is 18.1. The Morgan fingerprint density at radius 2 is 1.90 bits per heavy atom. The third-order valence-corrected chi connectivity index (χ3v) is 4.87. The molecular formula is C15H27NO4S. The molecule has 21 heavy (non-hydrogen) atoms. The van der Waals surface area contributed by atoms with Gasteiger partial charge in [0.15, 0.2) is 0 Å². The van der Waals surface area contributed by atoms with E-state index in [0.29, 0.717) is 18.8 Å². The minimum absolute atomic E-state index is 0.0143. The van der Waals surface area contributed by atoms with Crippen LogP contribution in [0.4, 0.5) is 0 Å². The molecule has 5 nitrogen and oxygen atoms in total. The van der Waals surface area contributed by atoms with Crippen molar-refractivity contribution in [1.29, 1.82) is 0 Å². The van der Waals surface area contributed by atoms with Gasteiger partial charge in [0.2, 0.25) is 5.91 Å². The summed E-state index contributed by atoms with van der Waals surface area (Å²) < 4.78 is 16.5. The Morgan fingerprint density at radius 1 is 1.24 bits per heavy atom. The minimum Gasteiger partial charge on any atom is -0.464 e. The number of amides is 1. The van der Waals surface area contributed by atoms with E-state index in [1.807, 2.05) is 0 Å². The Bertz CT molecular complexity index is 360. The van der Waals surface area contributed by atoms with E-state index in [4.69, 9.17) is 4.74 Å². The average Bonchev–Trinajstić information content (AvgIpc) is 2.83. The topological polar surface area (TPSA) is 72.5 Å². The predicted molar refractivity (Wildman–Crippen MR) is 83.4 cm³/mol. The number of rotatable bonds is 11. The summed E-state index contributed by atoms with van der Waals surface area (Å²) in [7, 11) is -1.13. The number of carbonyl (C=O) groups is 2. The molecule has 1 rings (SSSR count). The molecule has 122 valence electrons. The maximum atomic E-state index is 11.8. The summed E-state index contributed by atoms with van der Waals surface area (Å²) in [6.07, 6.45) is 8.71. The molecule has 0 bridgehead atoms. The van der Waals surface area contributed by atoms with Crippen LogP contribution in [0.5, 0.6) is 0 Å². The van der Waals surface area contributed by atoms with Crippen LogP contribution in [0, 0.1) is 0 Å². The van der Waals surface area contributed by atoms with E-state index in [1.165, 1.54) is 32.1 Å². The Labute approximate surface area is 129 Å². The number of cyclic esters (lactones) is 1. The van der Waals surface area contributed by atoms with Gasteiger partial charge in [-0.05, 0) is 6.42 Å². The molecule has 1 saturated heterocycles. The van der Waals surface area contributed by atoms with E-state index < -0.39 is 16.8 Å². The summed E-state index contributed by atoms with van der Waals surface area (Å²) in [5, 5.41) is 2.58. The molecule has 0 radical (unpaired) electrons. The number of nitrogens with one attached hydrogen (secondary N) is 1. The highest BCUT2D eigenvalue weighted by Crippen LogP contribution is 2.08. The standard InChI is InChI=1S/C15H27NO4S/c1-2-3-4-5-6-7-8-11-21(19)12-14(17)16-13-9-10-20-15(13)18/h13H,2-12H2,1H3,(H,16,17). The van der Waals surface area contributed by atoms with Crippen LogP contribution in [0.2, 0.25) is 0 Å². The Morgan fingerprint density at radius 3 is 2.52 bits per heavy atom. The zero-order chi connectivity index (χ0) is 15.5. The molecule has 1 aliphatic rings. The van der Waals surface area contributed by atoms with Gasteiger partial charge in [0.05, 0.1) is 6.61 Å². The fourth-order valence-corrected chi connectivity index (χ4v) is 3.35. The van der Waals surface area contributed by atoms with Crippen molar-refractivity contribution in [2.75, 3.05) is 18.1 Å². The van der Waals surface area contributed by atoms with E-state index in [0.717, 1.165) is 12.8 Å². The highest BCUT2D eigenvalue weighted by Gasteiger charge is 2.28. The second kappa shape index (κ2) is 10.8. The summed E-state index contributed by atoms with van der Waals surface area (Å²) in [5.41, 5.74) is 0. The zero-order valence-corrected chi connectivity index (χ0v) is 13.7. The van der Waals surface area contributed by atoms with Gasteiger partial charge in [-0.2, -0.15) is 0 Å². The van der Waals surface area contributed by atoms with Gasteiger partial charge in [-0.1, -0.05) is 45.4 Å². The van der Waals surface area contributed by atoms with Gasteiger partial charge in [-0.25, -0.2) is 4.79 Å². The van der Waals surface area contributed by atoms with E-state index in [-0.39, 0.29) is 17.6 Å². The SMILES string of the molecule is CCCCCCCCCS(=O)CC(=O)NC1CCOC1=O. The first-order chi connectivity index (χ1) is 10.1. The molecule has 1 aliphatic heterocycles. The lowest BCUT2D eigenvalue weighted by Gasteiger charge is -2.08. The molecule has 0 aromatic carbocycles. The Hall–Kier alpha value is -0.910. The van der Waals surface area contributed by atoms with Crippen molar-refractivity contribution < 1.29 is 18.5 Å². The van der Waals surface area contributed by atoms with Crippen molar-refractivity contribution in [2.24, 2.45) is 0 Å². The first-order valence-corrected chi connectivity index (χ1v) is 9.43. The number of unbranched alkanes of at least 4 members (excludes halogenated alkanes) is 6. The lowest BCUT2D eigenvalue weighted by molar-refractivity contribution is -0.141. The van der Waals surface area contributed by atoms with Gasteiger partial charge in [0.1, 0.15) is 11.8 Å². The maximum Gasteiger partial charge on any atom is 0.328 e. The van der Waals surface area contributed by atoms with Crippen LogP contribution in [0.3, 0.4) is 0 Å². The van der Waals surface area contributed by atoms with Crippen molar-refractivity contribution in [3.05, 3.63) is 0 Å². The van der Waals surface area contributed by atoms with Crippen molar-refractivity contribution in [1.82, 2.24) is 5.32 Å². The molecule has 0 aliphatic carbocycles. The number of esters is 1. The fourth-order valence-electron chi connectivity index (χ4n) is 2.30. The van der Waals surface area contributed by atoms with Crippen molar-refractivity contribution in [3.63, 3.8) is 0 Å². The smallest absolute Gasteiger partial charge is 0.328 e. The van der Waals surface area contributed by atoms with Gasteiger partial charge < -0.3 is 10.1 Å². The molecule has 1 amide bonds. The molecule has 2 unspecified atom stereocenters. The van der Waals surface area contributed by atoms with E-state index in [9.17, 15) is 13.8 Å². The van der Waals surface area contributed by atoms with Crippen molar-refractivity contribution in [3.8, 4) is 0 Å². The first-order valence-electron chi connectivity index (χ1n) is 7.94. The Balaban J connectivity index is 2.02. The monoisotopic (exact) mass is 317 g/mol. The van der Waals surface area contributed by atoms with Gasteiger partial charge in [-0.3, -0.25) is 9.00 Å². The van der Waals surface area contributed by atoms with Gasteiger partial charge in [0, 0.05) is 23.0 Å². The van der Waals surface area contributed by atoms with E-state index in [2.05, 4.69) is 12.2 Å². The third kappa shape index (κ3) is 8.19. The molecule has 0 aromatic heterocycles. The van der Waals surface area contributed by atoms with Gasteiger partial charge in [0.25, 0.3) is 0 Å². The highest BCUT2D eigenvalue weighted by atomic mass is 32.2. The maximum absolute atomic E-state index is 11.8. The van der Waals surface area contributed by atoms with E-state index in [1.54, 1.807) is 0 Å². The fraction of sp³-hybridized carbons (Fsp3) is 0.867. The highest BCUT2D eigenvalue weighted by molar-refractivity contribution is 7.85. The summed E-state index contributed by atoms with van der Waals surface area (Å²) in [6, 6.07) is -0.548. The van der Waals surface area contributed by atoms with E-state index >= 15 is 0 Å². The molecular weight excluding hydrogens is 290 g/mol. The lowest BCUT2D eigenvalue weighted by atomic mass is 10.1. The zero-order valence-electron chi connectivity index (χ0n) is 12.9. The van der Waals surface area contributed by atoms with Crippen LogP contribution in [0.1, 0.15) is 58.3 Å². The molecule has 1 heterocycles. The summed E-state index contributed by atoms with van der Waals surface area (Å²) in [6.45, 7) is 2.55. The molecule has 0 saturated carbocycles. The molecule has 1 N–H and O–H groups in total. The van der Waals surface area contributed by atoms with Crippen LogP contribution in [-0.2, 0) is 25.1 Å². The van der Waals surface area contributed by atoms with Gasteiger partial charge in [-0.15, -0.1) is 0 Å². The quantitative estimate of drug-likeness (QED) is 0.467. The summed E-state index contributed by atoms with van der Waals surface area (Å²) in [4.78, 5) is 22.9. The van der Waals surface area contributed by atoms with Crippen LogP contribution < -0.4 is 5.32 Å². The summed E-state index contributed by atoms with van der Waals surface area (Å²) >= 11 is 0. The molecule has 0 aromatic rings. The predicted octanol–water partition coefficient (Wildman–Crippen LogP) is 1.92. The van der Waals surface area contributed by atoms with Gasteiger partial charge >= 0.3 is 5.97 Å². The number of ether oxygens (including phenoxy) is 1. The molecule has 6 heteroatoms. The van der Waals surface area contributed by atoms with Crippen LogP contribution >= 0.6 is 0 Å². The second-order valence-electron chi connectivity index (χ2n) is 5.49. The number of carbonyl (C=O) groups excluding carboxylic acids is 2. The summed E-state index contributed by atoms with van der Waals surface area (Å²) in [5.74, 6) is -0.156. The lowest BCUT2D eigenvalue weighted by Crippen LogP contribution is -2.40. The second-order valence-corrected chi connectivity index (χ2v) is 7.06. The molecule has 2 atom stereocenters. The van der Waals surface area contributed by atoms with Crippen LogP contribution in [0.25, 0.3) is 0 Å². The van der Waals surface area contributed by atoms with Crippen molar-refractivity contribution >= 4 is 22.7 Å². The Kier molecular flexibility index (Phi) is 9.30. The number of hydrogen-bond acceptors (Lipinski definition) is 4. The molecule has 0 spiro atoms. The average molecular weight is 317 g/mol.